The van der Waals surface area contributed by atoms with Gasteiger partial charge in [0.2, 0.25) is 0 Å². The summed E-state index contributed by atoms with van der Waals surface area (Å²) < 4.78 is 0. The highest BCUT2D eigenvalue weighted by Crippen LogP contribution is 2.29. The minimum Gasteiger partial charge on any atom is -0.382 e. The summed E-state index contributed by atoms with van der Waals surface area (Å²) in [6.07, 6.45) is 9.55. The summed E-state index contributed by atoms with van der Waals surface area (Å²) in [5.74, 6) is 0.703. The standard InChI is InChI=1S/C17H27N3O/c1-4-15(13-8-6-5-7-9-13)19-14-10-11-18-16(12-14)17(21)20(2)3/h10-13,15H,4-9H2,1-3H3,(H,18,19). The normalized spacial score (nSPS) is 17.3. The van der Waals surface area contributed by atoms with Crippen molar-refractivity contribution in [3.05, 3.63) is 24.0 Å². The zero-order chi connectivity index (χ0) is 15.2. The van der Waals surface area contributed by atoms with E-state index in [0.29, 0.717) is 11.7 Å². The van der Waals surface area contributed by atoms with Crippen molar-refractivity contribution in [2.75, 3.05) is 19.4 Å². The van der Waals surface area contributed by atoms with Crippen LogP contribution in [0.15, 0.2) is 18.3 Å². The molecule has 1 saturated carbocycles. The second-order valence-electron chi connectivity index (χ2n) is 6.19. The monoisotopic (exact) mass is 289 g/mol. The van der Waals surface area contributed by atoms with Crippen LogP contribution in [0.5, 0.6) is 0 Å². The molecule has 21 heavy (non-hydrogen) atoms. The van der Waals surface area contributed by atoms with Crippen molar-refractivity contribution < 1.29 is 4.79 Å². The molecule has 4 heteroatoms. The van der Waals surface area contributed by atoms with Gasteiger partial charge in [-0.15, -0.1) is 0 Å². The summed E-state index contributed by atoms with van der Waals surface area (Å²) in [4.78, 5) is 17.7. The zero-order valence-electron chi connectivity index (χ0n) is 13.4. The van der Waals surface area contributed by atoms with E-state index in [1.165, 1.54) is 32.1 Å². The fourth-order valence-electron chi connectivity index (χ4n) is 3.17. The number of rotatable bonds is 5. The van der Waals surface area contributed by atoms with E-state index < -0.39 is 0 Å². The quantitative estimate of drug-likeness (QED) is 0.901. The zero-order valence-corrected chi connectivity index (χ0v) is 13.4. The number of amides is 1. The van der Waals surface area contributed by atoms with Gasteiger partial charge >= 0.3 is 0 Å². The van der Waals surface area contributed by atoms with Crippen LogP contribution in [0.1, 0.15) is 55.9 Å². The lowest BCUT2D eigenvalue weighted by Crippen LogP contribution is -2.30. The number of aromatic nitrogens is 1. The molecular formula is C17H27N3O. The van der Waals surface area contributed by atoms with E-state index in [9.17, 15) is 4.79 Å². The molecule has 0 spiro atoms. The summed E-state index contributed by atoms with van der Waals surface area (Å²) in [5, 5.41) is 3.62. The molecular weight excluding hydrogens is 262 g/mol. The molecule has 2 rings (SSSR count). The van der Waals surface area contributed by atoms with Gasteiger partial charge < -0.3 is 10.2 Å². The molecule has 1 heterocycles. The van der Waals surface area contributed by atoms with Crippen LogP contribution in [0.25, 0.3) is 0 Å². The average Bonchev–Trinajstić information content (AvgIpc) is 2.53. The van der Waals surface area contributed by atoms with E-state index in [1.54, 1.807) is 25.2 Å². The number of pyridine rings is 1. The molecule has 1 aliphatic rings. The van der Waals surface area contributed by atoms with Gasteiger partial charge in [0.05, 0.1) is 0 Å². The lowest BCUT2D eigenvalue weighted by atomic mass is 9.83. The Morgan fingerprint density at radius 2 is 2.10 bits per heavy atom. The van der Waals surface area contributed by atoms with E-state index in [2.05, 4.69) is 17.2 Å². The highest BCUT2D eigenvalue weighted by Gasteiger charge is 2.22. The smallest absolute Gasteiger partial charge is 0.272 e. The molecule has 0 saturated heterocycles. The van der Waals surface area contributed by atoms with Crippen molar-refractivity contribution in [1.82, 2.24) is 9.88 Å². The molecule has 0 aromatic carbocycles. The molecule has 0 aliphatic heterocycles. The highest BCUT2D eigenvalue weighted by atomic mass is 16.2. The molecule has 116 valence electrons. The van der Waals surface area contributed by atoms with Gasteiger partial charge in [-0.25, -0.2) is 0 Å². The van der Waals surface area contributed by atoms with Gasteiger partial charge in [0, 0.05) is 32.0 Å². The fourth-order valence-corrected chi connectivity index (χ4v) is 3.17. The lowest BCUT2D eigenvalue weighted by molar-refractivity contribution is 0.0822. The predicted molar refractivity (Wildman–Crippen MR) is 86.5 cm³/mol. The maximum Gasteiger partial charge on any atom is 0.272 e. The third-order valence-corrected chi connectivity index (χ3v) is 4.40. The van der Waals surface area contributed by atoms with Crippen LogP contribution in [0.3, 0.4) is 0 Å². The first-order chi connectivity index (χ1) is 10.1. The molecule has 0 bridgehead atoms. The number of carbonyl (C=O) groups is 1. The molecule has 1 aromatic heterocycles. The van der Waals surface area contributed by atoms with E-state index in [4.69, 9.17) is 0 Å². The van der Waals surface area contributed by atoms with Crippen molar-refractivity contribution in [3.8, 4) is 0 Å². The molecule has 1 aromatic rings. The minimum atomic E-state index is -0.0515. The van der Waals surface area contributed by atoms with Crippen LogP contribution in [-0.4, -0.2) is 35.9 Å². The van der Waals surface area contributed by atoms with E-state index in [1.807, 2.05) is 12.1 Å². The Kier molecular flexibility index (Phi) is 5.59. The fraction of sp³-hybridized carbons (Fsp3) is 0.647. The van der Waals surface area contributed by atoms with Crippen LogP contribution in [-0.2, 0) is 0 Å². The maximum atomic E-state index is 12.0. The Hall–Kier alpha value is -1.58. The molecule has 0 radical (unpaired) electrons. The SMILES string of the molecule is CCC(Nc1ccnc(C(=O)N(C)C)c1)C1CCCCC1. The average molecular weight is 289 g/mol. The minimum absolute atomic E-state index is 0.0515. The second-order valence-corrected chi connectivity index (χ2v) is 6.19. The van der Waals surface area contributed by atoms with E-state index >= 15 is 0 Å². The summed E-state index contributed by atoms with van der Waals surface area (Å²) in [7, 11) is 3.50. The van der Waals surface area contributed by atoms with Crippen LogP contribution in [0.4, 0.5) is 5.69 Å². The van der Waals surface area contributed by atoms with Gasteiger partial charge in [-0.05, 0) is 37.3 Å². The summed E-state index contributed by atoms with van der Waals surface area (Å²) >= 11 is 0. The first-order valence-corrected chi connectivity index (χ1v) is 8.06. The predicted octanol–water partition coefficient (Wildman–Crippen LogP) is 3.55. The third kappa shape index (κ3) is 4.19. The van der Waals surface area contributed by atoms with Crippen molar-refractivity contribution in [2.24, 2.45) is 5.92 Å². The summed E-state index contributed by atoms with van der Waals surface area (Å²) in [5.41, 5.74) is 1.51. The first kappa shape index (κ1) is 15.8. The van der Waals surface area contributed by atoms with Crippen LogP contribution >= 0.6 is 0 Å². The van der Waals surface area contributed by atoms with E-state index in [-0.39, 0.29) is 5.91 Å². The molecule has 4 nitrogen and oxygen atoms in total. The number of hydrogen-bond acceptors (Lipinski definition) is 3. The third-order valence-electron chi connectivity index (χ3n) is 4.40. The number of nitrogens with zero attached hydrogens (tertiary/aromatic N) is 2. The van der Waals surface area contributed by atoms with Crippen molar-refractivity contribution in [1.29, 1.82) is 0 Å². The Morgan fingerprint density at radius 3 is 2.71 bits per heavy atom. The van der Waals surface area contributed by atoms with Gasteiger partial charge in [0.1, 0.15) is 5.69 Å². The Labute approximate surface area is 127 Å². The molecule has 1 atom stereocenters. The van der Waals surface area contributed by atoms with Crippen molar-refractivity contribution in [2.45, 2.75) is 51.5 Å². The molecule has 1 amide bonds. The van der Waals surface area contributed by atoms with Crippen molar-refractivity contribution in [3.63, 3.8) is 0 Å². The summed E-state index contributed by atoms with van der Waals surface area (Å²) in [6, 6.07) is 4.32. The van der Waals surface area contributed by atoms with Gasteiger partial charge in [-0.2, -0.15) is 0 Å². The largest absolute Gasteiger partial charge is 0.382 e. The van der Waals surface area contributed by atoms with Gasteiger partial charge in [0.15, 0.2) is 0 Å². The van der Waals surface area contributed by atoms with Crippen LogP contribution in [0.2, 0.25) is 0 Å². The second kappa shape index (κ2) is 7.43. The van der Waals surface area contributed by atoms with E-state index in [0.717, 1.165) is 18.0 Å². The van der Waals surface area contributed by atoms with Crippen LogP contribution in [0, 0.1) is 5.92 Å². The lowest BCUT2D eigenvalue weighted by Gasteiger charge is -2.31. The molecule has 1 unspecified atom stereocenters. The van der Waals surface area contributed by atoms with Crippen LogP contribution < -0.4 is 5.32 Å². The highest BCUT2D eigenvalue weighted by molar-refractivity contribution is 5.92. The maximum absolute atomic E-state index is 12.0. The molecule has 1 N–H and O–H groups in total. The topological polar surface area (TPSA) is 45.2 Å². The number of carbonyl (C=O) groups excluding carboxylic acids is 1. The Morgan fingerprint density at radius 1 is 1.38 bits per heavy atom. The van der Waals surface area contributed by atoms with Gasteiger partial charge in [0.25, 0.3) is 5.91 Å². The molecule has 1 fully saturated rings. The van der Waals surface area contributed by atoms with Crippen molar-refractivity contribution >= 4 is 11.6 Å². The van der Waals surface area contributed by atoms with Gasteiger partial charge in [-0.1, -0.05) is 26.2 Å². The molecule has 1 aliphatic carbocycles. The first-order valence-electron chi connectivity index (χ1n) is 8.06. The Bertz CT molecular complexity index is 467. The number of anilines is 1. The number of hydrogen-bond donors (Lipinski definition) is 1. The Balaban J connectivity index is 2.06. The summed E-state index contributed by atoms with van der Waals surface area (Å²) in [6.45, 7) is 2.24. The van der Waals surface area contributed by atoms with Gasteiger partial charge in [-0.3, -0.25) is 9.78 Å². The number of nitrogens with one attached hydrogen (secondary N) is 1.